The van der Waals surface area contributed by atoms with Crippen molar-refractivity contribution in [3.05, 3.63) is 74.2 Å². The minimum Gasteiger partial charge on any atom is -0.387 e. The van der Waals surface area contributed by atoms with Gasteiger partial charge in [0.05, 0.1) is 28.7 Å². The standard InChI is InChI=1S/C18H14F2N4OS/c1-9(22-3)17-10(2)26-18-23-13(7-16(25)24(17)18)4-11-5-14(19)15(20)6-12(11)8-21/h5-7,22H,1,4H2,2-3H3. The van der Waals surface area contributed by atoms with Crippen molar-refractivity contribution in [2.75, 3.05) is 7.05 Å². The van der Waals surface area contributed by atoms with Crippen molar-refractivity contribution in [3.63, 3.8) is 0 Å². The topological polar surface area (TPSA) is 70.2 Å². The molecule has 0 aliphatic rings. The van der Waals surface area contributed by atoms with Crippen LogP contribution in [0.2, 0.25) is 0 Å². The smallest absolute Gasteiger partial charge is 0.259 e. The number of hydrogen-bond acceptors (Lipinski definition) is 5. The maximum Gasteiger partial charge on any atom is 0.259 e. The summed E-state index contributed by atoms with van der Waals surface area (Å²) in [6.07, 6.45) is 0.0467. The van der Waals surface area contributed by atoms with Crippen LogP contribution in [-0.4, -0.2) is 16.4 Å². The Labute approximate surface area is 151 Å². The number of nitrogens with one attached hydrogen (secondary N) is 1. The van der Waals surface area contributed by atoms with Crippen LogP contribution in [0.4, 0.5) is 8.78 Å². The molecular weight excluding hydrogens is 358 g/mol. The van der Waals surface area contributed by atoms with Gasteiger partial charge in [-0.05, 0) is 24.6 Å². The highest BCUT2D eigenvalue weighted by atomic mass is 32.1. The van der Waals surface area contributed by atoms with E-state index in [1.54, 1.807) is 7.05 Å². The van der Waals surface area contributed by atoms with Gasteiger partial charge in [0.2, 0.25) is 0 Å². The molecule has 3 aromatic rings. The van der Waals surface area contributed by atoms with Crippen molar-refractivity contribution in [3.8, 4) is 6.07 Å². The van der Waals surface area contributed by atoms with Crippen LogP contribution in [0.5, 0.6) is 0 Å². The quantitative estimate of drug-likeness (QED) is 0.764. The largest absolute Gasteiger partial charge is 0.387 e. The normalized spacial score (nSPS) is 10.7. The van der Waals surface area contributed by atoms with Crippen molar-refractivity contribution in [1.29, 1.82) is 5.26 Å². The molecule has 0 aliphatic heterocycles. The first kappa shape index (κ1) is 17.8. The first-order valence-corrected chi connectivity index (χ1v) is 8.44. The Hall–Kier alpha value is -3.05. The molecule has 0 saturated carbocycles. The minimum atomic E-state index is -1.09. The fourth-order valence-corrected chi connectivity index (χ4v) is 3.73. The zero-order valence-electron chi connectivity index (χ0n) is 14.1. The van der Waals surface area contributed by atoms with Gasteiger partial charge in [-0.3, -0.25) is 4.79 Å². The lowest BCUT2D eigenvalue weighted by Gasteiger charge is -2.07. The monoisotopic (exact) mass is 372 g/mol. The van der Waals surface area contributed by atoms with Crippen LogP contribution in [-0.2, 0) is 6.42 Å². The molecule has 0 spiro atoms. The molecule has 3 rings (SSSR count). The van der Waals surface area contributed by atoms with E-state index in [1.807, 2.05) is 13.0 Å². The molecule has 0 saturated heterocycles. The van der Waals surface area contributed by atoms with Gasteiger partial charge in [0, 0.05) is 24.4 Å². The molecule has 26 heavy (non-hydrogen) atoms. The predicted octanol–water partition coefficient (Wildman–Crippen LogP) is 3.00. The van der Waals surface area contributed by atoms with Crippen LogP contribution in [0.3, 0.4) is 0 Å². The Bertz CT molecular complexity index is 1140. The summed E-state index contributed by atoms with van der Waals surface area (Å²) >= 11 is 1.33. The number of aromatic nitrogens is 2. The van der Waals surface area contributed by atoms with Crippen LogP contribution < -0.4 is 10.9 Å². The summed E-state index contributed by atoms with van der Waals surface area (Å²) in [5.41, 5.74) is 1.61. The molecule has 2 aromatic heterocycles. The number of fused-ring (bicyclic) bond motifs is 1. The van der Waals surface area contributed by atoms with E-state index in [-0.39, 0.29) is 23.1 Å². The van der Waals surface area contributed by atoms with Crippen LogP contribution in [0.15, 0.2) is 29.6 Å². The van der Waals surface area contributed by atoms with Crippen molar-refractivity contribution < 1.29 is 8.78 Å². The number of nitrogens with zero attached hydrogens (tertiary/aromatic N) is 3. The molecular formula is C18H14F2N4OS. The highest BCUT2D eigenvalue weighted by molar-refractivity contribution is 7.17. The summed E-state index contributed by atoms with van der Waals surface area (Å²) in [6.45, 7) is 5.75. The third kappa shape index (κ3) is 2.97. The maximum absolute atomic E-state index is 13.5. The highest BCUT2D eigenvalue weighted by Gasteiger charge is 2.16. The zero-order chi connectivity index (χ0) is 19.0. The summed E-state index contributed by atoms with van der Waals surface area (Å²) < 4.78 is 28.3. The van der Waals surface area contributed by atoms with Crippen molar-refractivity contribution in [1.82, 2.24) is 14.7 Å². The number of hydrogen-bond donors (Lipinski definition) is 1. The van der Waals surface area contributed by atoms with Crippen molar-refractivity contribution in [2.24, 2.45) is 0 Å². The molecule has 0 atom stereocenters. The number of nitriles is 1. The van der Waals surface area contributed by atoms with Gasteiger partial charge in [-0.15, -0.1) is 11.3 Å². The first-order chi connectivity index (χ1) is 12.3. The lowest BCUT2D eigenvalue weighted by Crippen LogP contribution is -2.19. The molecule has 0 aliphatic carbocycles. The van der Waals surface area contributed by atoms with Gasteiger partial charge in [-0.1, -0.05) is 6.58 Å². The molecule has 1 aromatic carbocycles. The summed E-state index contributed by atoms with van der Waals surface area (Å²) in [4.78, 5) is 18.4. The average Bonchev–Trinajstić information content (AvgIpc) is 2.93. The Morgan fingerprint density at radius 2 is 2.08 bits per heavy atom. The van der Waals surface area contributed by atoms with Gasteiger partial charge < -0.3 is 5.32 Å². The van der Waals surface area contributed by atoms with E-state index in [9.17, 15) is 13.6 Å². The Morgan fingerprint density at radius 3 is 2.73 bits per heavy atom. The Balaban J connectivity index is 2.12. The fourth-order valence-electron chi connectivity index (χ4n) is 2.71. The lowest BCUT2D eigenvalue weighted by atomic mass is 10.0. The first-order valence-electron chi connectivity index (χ1n) is 7.62. The molecule has 0 bridgehead atoms. The predicted molar refractivity (Wildman–Crippen MR) is 96.0 cm³/mol. The SMILES string of the molecule is C=C(NC)c1c(C)sc2nc(Cc3cc(F)c(F)cc3C#N)cc(=O)n12. The summed E-state index contributed by atoms with van der Waals surface area (Å²) in [6, 6.07) is 4.97. The number of benzene rings is 1. The van der Waals surface area contributed by atoms with E-state index >= 15 is 0 Å². The number of thiazole rings is 1. The van der Waals surface area contributed by atoms with Crippen LogP contribution in [0.1, 0.15) is 27.4 Å². The number of aryl methyl sites for hydroxylation is 1. The molecule has 0 radical (unpaired) electrons. The molecule has 1 N–H and O–H groups in total. The van der Waals surface area contributed by atoms with Crippen molar-refractivity contribution >= 4 is 22.0 Å². The van der Waals surface area contributed by atoms with E-state index in [2.05, 4.69) is 16.9 Å². The van der Waals surface area contributed by atoms with Gasteiger partial charge in [-0.2, -0.15) is 5.26 Å². The van der Waals surface area contributed by atoms with E-state index in [0.29, 0.717) is 22.0 Å². The van der Waals surface area contributed by atoms with Crippen LogP contribution in [0, 0.1) is 29.9 Å². The van der Waals surface area contributed by atoms with Gasteiger partial charge in [0.15, 0.2) is 16.6 Å². The summed E-state index contributed by atoms with van der Waals surface area (Å²) in [5, 5.41) is 12.0. The molecule has 0 amide bonds. The van der Waals surface area contributed by atoms with Gasteiger partial charge in [0.1, 0.15) is 0 Å². The minimum absolute atomic E-state index is 0.0116. The maximum atomic E-state index is 13.5. The van der Waals surface area contributed by atoms with Gasteiger partial charge in [-0.25, -0.2) is 18.2 Å². The zero-order valence-corrected chi connectivity index (χ0v) is 14.9. The summed E-state index contributed by atoms with van der Waals surface area (Å²) in [7, 11) is 1.71. The van der Waals surface area contributed by atoms with E-state index in [0.717, 1.165) is 17.0 Å². The fraction of sp³-hybridized carbons (Fsp3) is 0.167. The second-order valence-electron chi connectivity index (χ2n) is 5.65. The molecule has 8 heteroatoms. The van der Waals surface area contributed by atoms with Crippen LogP contribution in [0.25, 0.3) is 10.7 Å². The van der Waals surface area contributed by atoms with Gasteiger partial charge in [0.25, 0.3) is 5.56 Å². The van der Waals surface area contributed by atoms with Crippen molar-refractivity contribution in [2.45, 2.75) is 13.3 Å². The number of halogens is 2. The Morgan fingerprint density at radius 1 is 1.38 bits per heavy atom. The molecule has 0 unspecified atom stereocenters. The summed E-state index contributed by atoms with van der Waals surface area (Å²) in [5.74, 6) is -2.13. The molecule has 0 fully saturated rings. The Kier molecular flexibility index (Phi) is 4.57. The third-order valence-electron chi connectivity index (χ3n) is 3.97. The molecule has 2 heterocycles. The molecule has 5 nitrogen and oxygen atoms in total. The lowest BCUT2D eigenvalue weighted by molar-refractivity contribution is 0.507. The highest BCUT2D eigenvalue weighted by Crippen LogP contribution is 2.24. The van der Waals surface area contributed by atoms with E-state index in [1.165, 1.54) is 21.8 Å². The third-order valence-corrected chi connectivity index (χ3v) is 4.92. The number of rotatable bonds is 4. The van der Waals surface area contributed by atoms with Gasteiger partial charge >= 0.3 is 0 Å². The molecule has 132 valence electrons. The van der Waals surface area contributed by atoms with E-state index < -0.39 is 11.6 Å². The van der Waals surface area contributed by atoms with Crippen LogP contribution >= 0.6 is 11.3 Å². The second-order valence-corrected chi connectivity index (χ2v) is 6.83. The van der Waals surface area contributed by atoms with E-state index in [4.69, 9.17) is 5.26 Å². The second kappa shape index (κ2) is 6.69. The average molecular weight is 372 g/mol.